The van der Waals surface area contributed by atoms with E-state index in [1.54, 1.807) is 21.3 Å². The lowest BCUT2D eigenvalue weighted by Gasteiger charge is -2.22. The average molecular weight is 310 g/mol. The molecule has 1 aromatic carbocycles. The van der Waals surface area contributed by atoms with Gasteiger partial charge in [-0.2, -0.15) is 0 Å². The Morgan fingerprint density at radius 1 is 1.27 bits per heavy atom. The molecule has 0 spiro atoms. The van der Waals surface area contributed by atoms with Crippen molar-refractivity contribution in [2.24, 2.45) is 0 Å². The molecule has 0 aliphatic carbocycles. The highest BCUT2D eigenvalue weighted by Crippen LogP contribution is 2.38. The number of ether oxygens (including phenoxy) is 4. The summed E-state index contributed by atoms with van der Waals surface area (Å²) in [6, 6.07) is 3.61. The second-order valence-corrected chi connectivity index (χ2v) is 4.81. The summed E-state index contributed by atoms with van der Waals surface area (Å²) in [5, 5.41) is 5.98. The van der Waals surface area contributed by atoms with E-state index in [0.717, 1.165) is 12.1 Å². The number of nitrogens with one attached hydrogen (secondary N) is 2. The quantitative estimate of drug-likeness (QED) is 0.788. The second kappa shape index (κ2) is 7.86. The van der Waals surface area contributed by atoms with Gasteiger partial charge in [0, 0.05) is 19.6 Å². The molecule has 1 atom stereocenters. The number of morpholine rings is 1. The fraction of sp³-hybridized carbons (Fsp3) is 0.533. The van der Waals surface area contributed by atoms with E-state index in [1.165, 1.54) is 0 Å². The Morgan fingerprint density at radius 3 is 2.45 bits per heavy atom. The Bertz CT molecular complexity index is 490. The van der Waals surface area contributed by atoms with Gasteiger partial charge in [0.05, 0.1) is 27.9 Å². The van der Waals surface area contributed by atoms with E-state index in [0.29, 0.717) is 36.9 Å². The summed E-state index contributed by atoms with van der Waals surface area (Å²) in [5.74, 6) is 1.50. The predicted molar refractivity (Wildman–Crippen MR) is 80.6 cm³/mol. The van der Waals surface area contributed by atoms with E-state index in [2.05, 4.69) is 10.6 Å². The van der Waals surface area contributed by atoms with Crippen molar-refractivity contribution >= 4 is 5.91 Å². The lowest BCUT2D eigenvalue weighted by atomic mass is 10.1. The number of benzene rings is 1. The molecule has 22 heavy (non-hydrogen) atoms. The molecule has 7 nitrogen and oxygen atoms in total. The monoisotopic (exact) mass is 310 g/mol. The first-order chi connectivity index (χ1) is 10.7. The minimum absolute atomic E-state index is 0.138. The van der Waals surface area contributed by atoms with Crippen LogP contribution < -0.4 is 24.8 Å². The van der Waals surface area contributed by atoms with Crippen LogP contribution in [0.5, 0.6) is 17.2 Å². The van der Waals surface area contributed by atoms with Gasteiger partial charge >= 0.3 is 0 Å². The predicted octanol–water partition coefficient (Wildman–Crippen LogP) is 0.317. The molecule has 0 aromatic heterocycles. The first kappa shape index (κ1) is 16.4. The Labute approximate surface area is 129 Å². The van der Waals surface area contributed by atoms with Gasteiger partial charge in [-0.25, -0.2) is 0 Å². The van der Waals surface area contributed by atoms with Gasteiger partial charge in [0.15, 0.2) is 11.5 Å². The van der Waals surface area contributed by atoms with Crippen molar-refractivity contribution in [3.05, 3.63) is 17.7 Å². The molecular formula is C15H22N2O5. The molecular weight excluding hydrogens is 288 g/mol. The third-order valence-corrected chi connectivity index (χ3v) is 3.41. The highest BCUT2D eigenvalue weighted by atomic mass is 16.5. The van der Waals surface area contributed by atoms with E-state index in [-0.39, 0.29) is 5.91 Å². The zero-order valence-electron chi connectivity index (χ0n) is 13.1. The number of carbonyl (C=O) groups excluding carboxylic acids is 1. The van der Waals surface area contributed by atoms with Gasteiger partial charge in [0.2, 0.25) is 5.75 Å². The first-order valence-electron chi connectivity index (χ1n) is 7.08. The van der Waals surface area contributed by atoms with Crippen LogP contribution in [0.2, 0.25) is 0 Å². The van der Waals surface area contributed by atoms with Gasteiger partial charge in [-0.1, -0.05) is 0 Å². The van der Waals surface area contributed by atoms with Crippen LogP contribution in [0.4, 0.5) is 0 Å². The summed E-state index contributed by atoms with van der Waals surface area (Å²) in [5.41, 5.74) is 0.853. The van der Waals surface area contributed by atoms with Crippen molar-refractivity contribution in [2.75, 3.05) is 41.0 Å². The molecule has 1 amide bonds. The number of hydrogen-bond donors (Lipinski definition) is 2. The van der Waals surface area contributed by atoms with Crippen molar-refractivity contribution in [1.29, 1.82) is 0 Å². The molecule has 1 aliphatic rings. The van der Waals surface area contributed by atoms with Crippen LogP contribution in [-0.4, -0.2) is 53.0 Å². The van der Waals surface area contributed by atoms with E-state index >= 15 is 0 Å². The van der Waals surface area contributed by atoms with E-state index in [1.807, 2.05) is 12.1 Å². The first-order valence-corrected chi connectivity index (χ1v) is 7.08. The van der Waals surface area contributed by atoms with E-state index < -0.39 is 6.10 Å². The topological polar surface area (TPSA) is 78.1 Å². The number of hydrogen-bond acceptors (Lipinski definition) is 6. The summed E-state index contributed by atoms with van der Waals surface area (Å²) in [6.45, 7) is 2.20. The van der Waals surface area contributed by atoms with E-state index in [4.69, 9.17) is 18.9 Å². The molecule has 0 unspecified atom stereocenters. The maximum atomic E-state index is 12.0. The van der Waals surface area contributed by atoms with Gasteiger partial charge in [-0.15, -0.1) is 0 Å². The summed E-state index contributed by atoms with van der Waals surface area (Å²) >= 11 is 0. The molecule has 1 fully saturated rings. The van der Waals surface area contributed by atoms with Gasteiger partial charge < -0.3 is 29.6 Å². The summed E-state index contributed by atoms with van der Waals surface area (Å²) in [7, 11) is 4.66. The number of amides is 1. The smallest absolute Gasteiger partial charge is 0.250 e. The molecule has 7 heteroatoms. The van der Waals surface area contributed by atoms with Gasteiger partial charge in [-0.05, 0) is 17.7 Å². The fourth-order valence-electron chi connectivity index (χ4n) is 2.27. The SMILES string of the molecule is COc1cc(CNC(=O)[C@H]2CNCCO2)cc(OC)c1OC. The van der Waals surface area contributed by atoms with Crippen LogP contribution in [0.1, 0.15) is 5.56 Å². The summed E-state index contributed by atoms with van der Waals surface area (Å²) in [6.07, 6.45) is -0.448. The number of methoxy groups -OCH3 is 3. The van der Waals surface area contributed by atoms with Crippen molar-refractivity contribution in [3.8, 4) is 17.2 Å². The number of rotatable bonds is 6. The Morgan fingerprint density at radius 2 is 1.95 bits per heavy atom. The maximum Gasteiger partial charge on any atom is 0.250 e. The van der Waals surface area contributed by atoms with Crippen LogP contribution in [0.25, 0.3) is 0 Å². The van der Waals surface area contributed by atoms with Crippen molar-refractivity contribution < 1.29 is 23.7 Å². The molecule has 1 saturated heterocycles. The largest absolute Gasteiger partial charge is 0.493 e. The second-order valence-electron chi connectivity index (χ2n) is 4.81. The van der Waals surface area contributed by atoms with Crippen LogP contribution in [0, 0.1) is 0 Å². The van der Waals surface area contributed by atoms with Crippen molar-refractivity contribution in [3.63, 3.8) is 0 Å². The molecule has 1 heterocycles. The third-order valence-electron chi connectivity index (χ3n) is 3.41. The molecule has 0 saturated carbocycles. The Hall–Kier alpha value is -1.99. The Kier molecular flexibility index (Phi) is 5.85. The van der Waals surface area contributed by atoms with E-state index in [9.17, 15) is 4.79 Å². The average Bonchev–Trinajstić information content (AvgIpc) is 2.59. The zero-order chi connectivity index (χ0) is 15.9. The fourth-order valence-corrected chi connectivity index (χ4v) is 2.27. The van der Waals surface area contributed by atoms with Gasteiger partial charge in [0.25, 0.3) is 5.91 Å². The molecule has 0 radical (unpaired) electrons. The van der Waals surface area contributed by atoms with Crippen LogP contribution in [0.3, 0.4) is 0 Å². The minimum atomic E-state index is -0.448. The molecule has 0 bridgehead atoms. The molecule has 1 aromatic rings. The third kappa shape index (κ3) is 3.80. The minimum Gasteiger partial charge on any atom is -0.493 e. The van der Waals surface area contributed by atoms with Gasteiger partial charge in [0.1, 0.15) is 6.10 Å². The maximum absolute atomic E-state index is 12.0. The van der Waals surface area contributed by atoms with Crippen LogP contribution in [-0.2, 0) is 16.1 Å². The summed E-state index contributed by atoms with van der Waals surface area (Å²) < 4.78 is 21.3. The molecule has 122 valence electrons. The lowest BCUT2D eigenvalue weighted by Crippen LogP contribution is -2.47. The normalized spacial score (nSPS) is 17.7. The molecule has 2 N–H and O–H groups in total. The summed E-state index contributed by atoms with van der Waals surface area (Å²) in [4.78, 5) is 12.0. The number of carbonyl (C=O) groups is 1. The van der Waals surface area contributed by atoms with Crippen LogP contribution >= 0.6 is 0 Å². The highest BCUT2D eigenvalue weighted by molar-refractivity contribution is 5.81. The van der Waals surface area contributed by atoms with Crippen molar-refractivity contribution in [1.82, 2.24) is 10.6 Å². The lowest BCUT2D eigenvalue weighted by molar-refractivity contribution is -0.134. The zero-order valence-corrected chi connectivity index (χ0v) is 13.1. The van der Waals surface area contributed by atoms with Crippen LogP contribution in [0.15, 0.2) is 12.1 Å². The standard InChI is InChI=1S/C15H22N2O5/c1-19-11-6-10(7-12(20-2)14(11)21-3)8-17-15(18)13-9-16-4-5-22-13/h6-7,13,16H,4-5,8-9H2,1-3H3,(H,17,18)/t13-/m1/s1. The Balaban J connectivity index is 2.04. The molecule has 2 rings (SSSR count). The molecule has 1 aliphatic heterocycles. The van der Waals surface area contributed by atoms with Crippen molar-refractivity contribution in [2.45, 2.75) is 12.6 Å². The van der Waals surface area contributed by atoms with Gasteiger partial charge in [-0.3, -0.25) is 4.79 Å². The highest BCUT2D eigenvalue weighted by Gasteiger charge is 2.21.